The number of carbonyl (C=O) groups excluding carboxylic acids is 1. The van der Waals surface area contributed by atoms with Crippen molar-refractivity contribution in [2.75, 3.05) is 7.05 Å². The van der Waals surface area contributed by atoms with Crippen LogP contribution in [-0.2, 0) is 10.3 Å². The molecule has 2 rings (SSSR count). The molecule has 6 heteroatoms. The Hall–Kier alpha value is -1.85. The topological polar surface area (TPSA) is 56.2 Å². The SMILES string of the molecule is Bc1cc(F)ccc1[C@]1(C)CC(=O)N(C)C(=N)N1. The quantitative estimate of drug-likeness (QED) is 0.668. The van der Waals surface area contributed by atoms with Gasteiger partial charge in [-0.05, 0) is 24.6 Å². The standard InChI is InChI=1S/C12H15BFN3O/c1-12(6-10(18)17(2)11(15)16-12)8-4-3-7(14)5-9(8)13/h3-5H,6,13H2,1-2H3,(H2,15,16)/t12-/m0/s1. The third-order valence-electron chi connectivity index (χ3n) is 3.39. The predicted octanol–water partition coefficient (Wildman–Crippen LogP) is -0.314. The maximum Gasteiger partial charge on any atom is 0.231 e. The molecule has 0 unspecified atom stereocenters. The van der Waals surface area contributed by atoms with Crippen LogP contribution in [0.25, 0.3) is 0 Å². The first-order valence-electron chi connectivity index (χ1n) is 5.73. The number of carbonyl (C=O) groups is 1. The fraction of sp³-hybridized carbons (Fsp3) is 0.333. The van der Waals surface area contributed by atoms with Crippen LogP contribution in [0.4, 0.5) is 4.39 Å². The van der Waals surface area contributed by atoms with Crippen LogP contribution in [0.3, 0.4) is 0 Å². The molecule has 0 spiro atoms. The fourth-order valence-electron chi connectivity index (χ4n) is 2.34. The van der Waals surface area contributed by atoms with E-state index >= 15 is 0 Å². The van der Waals surface area contributed by atoms with Crippen molar-refractivity contribution in [2.24, 2.45) is 0 Å². The number of halogens is 1. The number of nitrogens with one attached hydrogen (secondary N) is 2. The Morgan fingerprint density at radius 2 is 2.22 bits per heavy atom. The van der Waals surface area contributed by atoms with Crippen molar-refractivity contribution >= 4 is 25.2 Å². The monoisotopic (exact) mass is 247 g/mol. The molecule has 1 aliphatic rings. The Morgan fingerprint density at radius 1 is 1.56 bits per heavy atom. The Balaban J connectivity index is 2.42. The second kappa shape index (κ2) is 4.12. The summed E-state index contributed by atoms with van der Waals surface area (Å²) in [5, 5.41) is 10.8. The molecule has 4 nitrogen and oxygen atoms in total. The lowest BCUT2D eigenvalue weighted by molar-refractivity contribution is -0.129. The van der Waals surface area contributed by atoms with Gasteiger partial charge in [-0.15, -0.1) is 0 Å². The summed E-state index contributed by atoms with van der Waals surface area (Å²) in [5.41, 5.74) is 0.962. The lowest BCUT2D eigenvalue weighted by Crippen LogP contribution is -2.59. The Morgan fingerprint density at radius 3 is 2.78 bits per heavy atom. The molecule has 0 aromatic heterocycles. The van der Waals surface area contributed by atoms with Crippen LogP contribution in [0.1, 0.15) is 18.9 Å². The van der Waals surface area contributed by atoms with Crippen LogP contribution < -0.4 is 10.8 Å². The first-order chi connectivity index (χ1) is 8.33. The first kappa shape index (κ1) is 12.6. The number of hydrogen-bond donors (Lipinski definition) is 2. The molecule has 94 valence electrons. The van der Waals surface area contributed by atoms with Gasteiger partial charge in [0, 0.05) is 7.05 Å². The van der Waals surface area contributed by atoms with E-state index in [1.165, 1.54) is 17.0 Å². The Bertz CT molecular complexity index is 514. The highest BCUT2D eigenvalue weighted by Crippen LogP contribution is 2.27. The van der Waals surface area contributed by atoms with Gasteiger partial charge in [0.05, 0.1) is 12.0 Å². The zero-order valence-corrected chi connectivity index (χ0v) is 10.7. The highest BCUT2D eigenvalue weighted by molar-refractivity contribution is 6.33. The number of guanidine groups is 1. The molecule has 18 heavy (non-hydrogen) atoms. The van der Waals surface area contributed by atoms with Gasteiger partial charge in [-0.2, -0.15) is 0 Å². The van der Waals surface area contributed by atoms with E-state index in [4.69, 9.17) is 5.41 Å². The van der Waals surface area contributed by atoms with Gasteiger partial charge in [-0.25, -0.2) is 4.39 Å². The molecule has 1 aromatic rings. The van der Waals surface area contributed by atoms with Crippen molar-refractivity contribution < 1.29 is 9.18 Å². The fourth-order valence-corrected chi connectivity index (χ4v) is 2.34. The smallest absolute Gasteiger partial charge is 0.231 e. The average molecular weight is 247 g/mol. The minimum absolute atomic E-state index is 0.0671. The minimum Gasteiger partial charge on any atom is -0.346 e. The van der Waals surface area contributed by atoms with Gasteiger partial charge in [0.25, 0.3) is 0 Å². The van der Waals surface area contributed by atoms with E-state index < -0.39 is 5.54 Å². The number of hydrogen-bond acceptors (Lipinski definition) is 2. The van der Waals surface area contributed by atoms with E-state index in [9.17, 15) is 9.18 Å². The summed E-state index contributed by atoms with van der Waals surface area (Å²) in [7, 11) is 3.37. The summed E-state index contributed by atoms with van der Waals surface area (Å²) < 4.78 is 13.1. The molecule has 2 N–H and O–H groups in total. The van der Waals surface area contributed by atoms with Gasteiger partial charge in [-0.1, -0.05) is 11.5 Å². The molecule has 1 aliphatic heterocycles. The zero-order valence-electron chi connectivity index (χ0n) is 10.7. The summed E-state index contributed by atoms with van der Waals surface area (Å²) >= 11 is 0. The highest BCUT2D eigenvalue weighted by Gasteiger charge is 2.38. The molecule has 0 aliphatic carbocycles. The van der Waals surface area contributed by atoms with Crippen LogP contribution in [0.2, 0.25) is 0 Å². The Kier molecular flexibility index (Phi) is 2.88. The second-order valence-corrected chi connectivity index (χ2v) is 4.89. The summed E-state index contributed by atoms with van der Waals surface area (Å²) in [6.45, 7) is 1.85. The van der Waals surface area contributed by atoms with Crippen LogP contribution >= 0.6 is 0 Å². The number of nitrogens with zero attached hydrogens (tertiary/aromatic N) is 1. The molecule has 1 fully saturated rings. The summed E-state index contributed by atoms with van der Waals surface area (Å²) in [5.74, 6) is -0.350. The number of amides is 1. The van der Waals surface area contributed by atoms with Crippen molar-refractivity contribution in [1.29, 1.82) is 5.41 Å². The molecule has 1 saturated heterocycles. The molecule has 1 atom stereocenters. The molecule has 1 heterocycles. The van der Waals surface area contributed by atoms with Crippen LogP contribution in [0.5, 0.6) is 0 Å². The summed E-state index contributed by atoms with van der Waals surface area (Å²) in [6.07, 6.45) is 0.248. The third kappa shape index (κ3) is 1.98. The maximum absolute atomic E-state index is 13.1. The highest BCUT2D eigenvalue weighted by atomic mass is 19.1. The lowest BCUT2D eigenvalue weighted by Gasteiger charge is -2.40. The summed E-state index contributed by atoms with van der Waals surface area (Å²) in [4.78, 5) is 13.1. The largest absolute Gasteiger partial charge is 0.346 e. The van der Waals surface area contributed by atoms with Crippen molar-refractivity contribution in [1.82, 2.24) is 10.2 Å². The minimum atomic E-state index is -0.654. The van der Waals surface area contributed by atoms with E-state index in [2.05, 4.69) is 5.32 Å². The van der Waals surface area contributed by atoms with Crippen molar-refractivity contribution in [3.05, 3.63) is 29.6 Å². The van der Waals surface area contributed by atoms with Crippen molar-refractivity contribution in [3.63, 3.8) is 0 Å². The third-order valence-corrected chi connectivity index (χ3v) is 3.39. The maximum atomic E-state index is 13.1. The number of benzene rings is 1. The van der Waals surface area contributed by atoms with Gasteiger partial charge >= 0.3 is 0 Å². The van der Waals surface area contributed by atoms with Gasteiger partial charge in [0.1, 0.15) is 13.7 Å². The summed E-state index contributed by atoms with van der Waals surface area (Å²) in [6, 6.07) is 4.49. The normalized spacial score (nSPS) is 24.1. The van der Waals surface area contributed by atoms with Crippen molar-refractivity contribution in [2.45, 2.75) is 18.9 Å². The van der Waals surface area contributed by atoms with Crippen LogP contribution in [0.15, 0.2) is 18.2 Å². The van der Waals surface area contributed by atoms with E-state index in [1.807, 2.05) is 6.92 Å². The molecular weight excluding hydrogens is 232 g/mol. The average Bonchev–Trinajstić information content (AvgIpc) is 2.25. The van der Waals surface area contributed by atoms with Gasteiger partial charge in [0.2, 0.25) is 5.91 Å². The molecule has 0 radical (unpaired) electrons. The van der Waals surface area contributed by atoms with Gasteiger partial charge < -0.3 is 5.32 Å². The molecule has 1 aromatic carbocycles. The predicted molar refractivity (Wildman–Crippen MR) is 70.2 cm³/mol. The van der Waals surface area contributed by atoms with Gasteiger partial charge in [0.15, 0.2) is 5.96 Å². The molecule has 0 saturated carbocycles. The van der Waals surface area contributed by atoms with Crippen molar-refractivity contribution in [3.8, 4) is 0 Å². The van der Waals surface area contributed by atoms with E-state index in [1.54, 1.807) is 21.0 Å². The Labute approximate surface area is 106 Å². The van der Waals surface area contributed by atoms with Gasteiger partial charge in [-0.3, -0.25) is 15.1 Å². The molecule has 0 bridgehead atoms. The first-order valence-corrected chi connectivity index (χ1v) is 5.73. The van der Waals surface area contributed by atoms with E-state index in [0.29, 0.717) is 0 Å². The molecular formula is C12H15BFN3O. The van der Waals surface area contributed by atoms with Crippen LogP contribution in [0, 0.1) is 11.2 Å². The van der Waals surface area contributed by atoms with Crippen LogP contribution in [-0.4, -0.2) is 31.7 Å². The lowest BCUT2D eigenvalue weighted by atomic mass is 9.78. The van der Waals surface area contributed by atoms with E-state index in [-0.39, 0.29) is 24.1 Å². The second-order valence-electron chi connectivity index (χ2n) is 4.89. The molecule has 1 amide bonds. The number of rotatable bonds is 1. The van der Waals surface area contributed by atoms with E-state index in [0.717, 1.165) is 11.0 Å². The zero-order chi connectivity index (χ0) is 13.5.